The molecule has 1 saturated heterocycles. The van der Waals surface area contributed by atoms with E-state index in [9.17, 15) is 8.42 Å². The average Bonchev–Trinajstić information content (AvgIpc) is 3.30. The maximum Gasteiger partial charge on any atom is 0.242 e. The third kappa shape index (κ3) is 4.81. The van der Waals surface area contributed by atoms with Crippen LogP contribution in [0.2, 0.25) is 10.0 Å². The van der Waals surface area contributed by atoms with Crippen molar-refractivity contribution in [3.8, 4) is 11.5 Å². The maximum atomic E-state index is 12.6. The largest absolute Gasteiger partial charge is 0.486 e. The first-order valence-electron chi connectivity index (χ1n) is 10.9. The summed E-state index contributed by atoms with van der Waals surface area (Å²) in [6.07, 6.45) is 3.36. The SMILES string of the molecule is O=S(=O)(NCC1CCN(C[C@H]2COc3ccc4occc4c3O2)CC1)c1cccc(Cl)c1Cl. The molecule has 5 rings (SSSR count). The number of fused-ring (bicyclic) bond motifs is 3. The summed E-state index contributed by atoms with van der Waals surface area (Å²) in [5.41, 5.74) is 0.778. The van der Waals surface area contributed by atoms with Crippen LogP contribution in [0.5, 0.6) is 11.5 Å². The van der Waals surface area contributed by atoms with Crippen LogP contribution in [0.1, 0.15) is 12.8 Å². The molecule has 0 spiro atoms. The summed E-state index contributed by atoms with van der Waals surface area (Å²) in [7, 11) is -3.71. The van der Waals surface area contributed by atoms with E-state index in [1.54, 1.807) is 18.4 Å². The number of sulfonamides is 1. The molecule has 176 valence electrons. The van der Waals surface area contributed by atoms with E-state index in [4.69, 9.17) is 37.1 Å². The van der Waals surface area contributed by atoms with Gasteiger partial charge in [-0.15, -0.1) is 0 Å². The molecule has 2 aliphatic rings. The molecule has 2 aliphatic heterocycles. The fraction of sp³-hybridized carbons (Fsp3) is 0.391. The molecule has 1 fully saturated rings. The number of likely N-dealkylation sites (tertiary alicyclic amines) is 1. The summed E-state index contributed by atoms with van der Waals surface area (Å²) in [4.78, 5) is 2.35. The van der Waals surface area contributed by atoms with Gasteiger partial charge in [0.1, 0.15) is 23.2 Å². The number of hydrogen-bond donors (Lipinski definition) is 1. The number of piperidine rings is 1. The number of nitrogens with zero attached hydrogens (tertiary/aromatic N) is 1. The van der Waals surface area contributed by atoms with Crippen molar-refractivity contribution in [3.05, 3.63) is 52.7 Å². The topological polar surface area (TPSA) is 81.0 Å². The highest BCUT2D eigenvalue weighted by molar-refractivity contribution is 7.89. The number of furan rings is 1. The molecule has 3 aromatic rings. The average molecular weight is 511 g/mol. The molecule has 0 unspecified atom stereocenters. The number of nitrogens with one attached hydrogen (secondary N) is 1. The first-order chi connectivity index (χ1) is 15.9. The van der Waals surface area contributed by atoms with E-state index in [2.05, 4.69) is 9.62 Å². The van der Waals surface area contributed by atoms with Crippen molar-refractivity contribution in [1.29, 1.82) is 0 Å². The van der Waals surface area contributed by atoms with Crippen LogP contribution in [0.4, 0.5) is 0 Å². The minimum atomic E-state index is -3.71. The fourth-order valence-corrected chi connectivity index (χ4v) is 6.24. The zero-order chi connectivity index (χ0) is 23.0. The van der Waals surface area contributed by atoms with Crippen molar-refractivity contribution in [3.63, 3.8) is 0 Å². The Balaban J connectivity index is 1.13. The van der Waals surface area contributed by atoms with Crippen LogP contribution >= 0.6 is 23.2 Å². The summed E-state index contributed by atoms with van der Waals surface area (Å²) in [6.45, 7) is 3.36. The van der Waals surface area contributed by atoms with Gasteiger partial charge in [0.25, 0.3) is 0 Å². The Morgan fingerprint density at radius 1 is 1.09 bits per heavy atom. The van der Waals surface area contributed by atoms with Gasteiger partial charge >= 0.3 is 0 Å². The predicted molar refractivity (Wildman–Crippen MR) is 127 cm³/mol. The van der Waals surface area contributed by atoms with Gasteiger partial charge in [-0.05, 0) is 62.2 Å². The van der Waals surface area contributed by atoms with E-state index in [1.165, 1.54) is 6.07 Å². The molecule has 10 heteroatoms. The molecule has 1 N–H and O–H groups in total. The first-order valence-corrected chi connectivity index (χ1v) is 13.1. The molecular weight excluding hydrogens is 487 g/mol. The van der Waals surface area contributed by atoms with Gasteiger partial charge in [-0.25, -0.2) is 13.1 Å². The zero-order valence-corrected chi connectivity index (χ0v) is 20.1. The summed E-state index contributed by atoms with van der Waals surface area (Å²) in [5.74, 6) is 1.73. The van der Waals surface area contributed by atoms with Gasteiger partial charge in [0, 0.05) is 13.1 Å². The molecular formula is C23H24Cl2N2O5S. The van der Waals surface area contributed by atoms with Gasteiger partial charge < -0.3 is 13.9 Å². The lowest BCUT2D eigenvalue weighted by molar-refractivity contribution is 0.0495. The van der Waals surface area contributed by atoms with Crippen molar-refractivity contribution in [2.24, 2.45) is 5.92 Å². The molecule has 0 saturated carbocycles. The van der Waals surface area contributed by atoms with Gasteiger partial charge in [-0.1, -0.05) is 29.3 Å². The van der Waals surface area contributed by atoms with Gasteiger partial charge in [0.2, 0.25) is 10.0 Å². The Bertz CT molecular complexity index is 1250. The first kappa shape index (κ1) is 22.8. The minimum absolute atomic E-state index is 0.00978. The second-order valence-corrected chi connectivity index (χ2v) is 10.9. The van der Waals surface area contributed by atoms with Crippen molar-refractivity contribution >= 4 is 44.2 Å². The molecule has 2 aromatic carbocycles. The number of halogens is 2. The van der Waals surface area contributed by atoms with Gasteiger partial charge in [0.15, 0.2) is 11.5 Å². The molecule has 0 amide bonds. The minimum Gasteiger partial charge on any atom is -0.486 e. The van der Waals surface area contributed by atoms with E-state index in [0.29, 0.717) is 13.2 Å². The Hall–Kier alpha value is -1.97. The van der Waals surface area contributed by atoms with Crippen LogP contribution < -0.4 is 14.2 Å². The Morgan fingerprint density at radius 3 is 2.73 bits per heavy atom. The molecule has 0 bridgehead atoms. The van der Waals surface area contributed by atoms with Crippen molar-refractivity contribution in [1.82, 2.24) is 9.62 Å². The highest BCUT2D eigenvalue weighted by Gasteiger charge is 2.28. The monoisotopic (exact) mass is 510 g/mol. The van der Waals surface area contributed by atoms with Crippen LogP contribution in [-0.4, -0.2) is 52.2 Å². The Morgan fingerprint density at radius 2 is 1.91 bits per heavy atom. The number of rotatable bonds is 6. The quantitative estimate of drug-likeness (QED) is 0.523. The lowest BCUT2D eigenvalue weighted by Crippen LogP contribution is -2.45. The summed E-state index contributed by atoms with van der Waals surface area (Å²) in [5, 5.41) is 1.19. The van der Waals surface area contributed by atoms with Gasteiger partial charge in [0.05, 0.1) is 21.7 Å². The van der Waals surface area contributed by atoms with Crippen LogP contribution in [0, 0.1) is 5.92 Å². The lowest BCUT2D eigenvalue weighted by atomic mass is 9.97. The van der Waals surface area contributed by atoms with Gasteiger partial charge in [-0.2, -0.15) is 0 Å². The summed E-state index contributed by atoms with van der Waals surface area (Å²) >= 11 is 12.0. The van der Waals surface area contributed by atoms with E-state index in [1.807, 2.05) is 18.2 Å². The molecule has 0 aliphatic carbocycles. The van der Waals surface area contributed by atoms with Crippen molar-refractivity contribution in [2.75, 3.05) is 32.8 Å². The summed E-state index contributed by atoms with van der Waals surface area (Å²) < 4.78 is 45.6. The van der Waals surface area contributed by atoms with E-state index in [0.717, 1.165) is 54.9 Å². The van der Waals surface area contributed by atoms with E-state index >= 15 is 0 Å². The van der Waals surface area contributed by atoms with E-state index < -0.39 is 10.0 Å². The number of ether oxygens (including phenoxy) is 2. The molecule has 0 radical (unpaired) electrons. The Labute approximate surface area is 202 Å². The standard InChI is InChI=1S/C23H24Cl2N2O5S/c24-18-2-1-3-21(22(18)25)33(28,29)26-12-15-6-9-27(10-7-15)13-16-14-31-20-5-4-19-17(8-11-30-19)23(20)32-16/h1-5,8,11,15-16,26H,6-7,9-10,12-14H2/t16-/m0/s1. The highest BCUT2D eigenvalue weighted by atomic mass is 35.5. The Kier molecular flexibility index (Phi) is 6.46. The van der Waals surface area contributed by atoms with Crippen LogP contribution in [0.25, 0.3) is 11.0 Å². The zero-order valence-electron chi connectivity index (χ0n) is 17.8. The highest BCUT2D eigenvalue weighted by Crippen LogP contribution is 2.39. The number of benzene rings is 2. The normalized spacial score (nSPS) is 19.8. The van der Waals surface area contributed by atoms with Crippen LogP contribution in [0.15, 0.2) is 52.0 Å². The fourth-order valence-electron chi connectivity index (χ4n) is 4.36. The molecule has 3 heterocycles. The molecule has 1 atom stereocenters. The maximum absolute atomic E-state index is 12.6. The summed E-state index contributed by atoms with van der Waals surface area (Å²) in [6, 6.07) is 10.3. The second kappa shape index (κ2) is 9.35. The van der Waals surface area contributed by atoms with Crippen molar-refractivity contribution in [2.45, 2.75) is 23.8 Å². The van der Waals surface area contributed by atoms with Crippen LogP contribution in [0.3, 0.4) is 0 Å². The van der Waals surface area contributed by atoms with E-state index in [-0.39, 0.29) is 27.0 Å². The third-order valence-corrected chi connectivity index (χ3v) is 8.59. The van der Waals surface area contributed by atoms with Crippen LogP contribution in [-0.2, 0) is 10.0 Å². The van der Waals surface area contributed by atoms with Gasteiger partial charge in [-0.3, -0.25) is 4.90 Å². The second-order valence-electron chi connectivity index (χ2n) is 8.42. The smallest absolute Gasteiger partial charge is 0.242 e. The number of hydrogen-bond acceptors (Lipinski definition) is 6. The lowest BCUT2D eigenvalue weighted by Gasteiger charge is -2.35. The predicted octanol–water partition coefficient (Wildman–Crippen LogP) is 4.57. The molecule has 33 heavy (non-hydrogen) atoms. The third-order valence-electron chi connectivity index (χ3n) is 6.20. The van der Waals surface area contributed by atoms with Crippen molar-refractivity contribution < 1.29 is 22.3 Å². The molecule has 7 nitrogen and oxygen atoms in total. The molecule has 1 aromatic heterocycles.